The van der Waals surface area contributed by atoms with Gasteiger partial charge in [0.2, 0.25) is 5.91 Å². The highest BCUT2D eigenvalue weighted by molar-refractivity contribution is 5.80. The Kier molecular flexibility index (Phi) is 4.12. The topological polar surface area (TPSA) is 58.4 Å². The molecule has 4 heteroatoms. The second-order valence-electron chi connectivity index (χ2n) is 4.56. The summed E-state index contributed by atoms with van der Waals surface area (Å²) < 4.78 is 0. The molecule has 0 bridgehead atoms. The summed E-state index contributed by atoms with van der Waals surface area (Å²) in [5.41, 5.74) is 7.55. The maximum atomic E-state index is 11.4. The molecule has 0 saturated carbocycles. The first-order valence-electron chi connectivity index (χ1n) is 6.16. The molecule has 1 atom stereocenters. The van der Waals surface area contributed by atoms with Crippen molar-refractivity contribution in [2.45, 2.75) is 6.04 Å². The van der Waals surface area contributed by atoms with Crippen molar-refractivity contribution in [1.82, 2.24) is 10.2 Å². The van der Waals surface area contributed by atoms with Gasteiger partial charge in [-0.1, -0.05) is 36.9 Å². The Balaban J connectivity index is 2.03. The van der Waals surface area contributed by atoms with Crippen LogP contribution in [0.15, 0.2) is 36.9 Å². The lowest BCUT2D eigenvalue weighted by molar-refractivity contribution is -0.123. The van der Waals surface area contributed by atoms with Crippen LogP contribution in [0, 0.1) is 0 Å². The molecule has 1 aromatic carbocycles. The van der Waals surface area contributed by atoms with Crippen molar-refractivity contribution >= 4 is 11.5 Å². The van der Waals surface area contributed by atoms with Gasteiger partial charge in [-0.05, 0) is 11.1 Å². The van der Waals surface area contributed by atoms with E-state index in [0.717, 1.165) is 24.2 Å². The highest BCUT2D eigenvalue weighted by Crippen LogP contribution is 2.15. The molecule has 1 saturated heterocycles. The summed E-state index contributed by atoms with van der Waals surface area (Å²) in [6, 6.07) is 9.79. The minimum atomic E-state index is -0.275. The Morgan fingerprint density at radius 1 is 1.44 bits per heavy atom. The largest absolute Gasteiger partial charge is 0.368 e. The van der Waals surface area contributed by atoms with E-state index in [2.05, 4.69) is 16.8 Å². The minimum Gasteiger partial charge on any atom is -0.368 e. The Morgan fingerprint density at radius 2 is 2.17 bits per heavy atom. The fourth-order valence-electron chi connectivity index (χ4n) is 2.23. The molecule has 1 fully saturated rings. The number of piperazine rings is 1. The van der Waals surface area contributed by atoms with E-state index in [0.29, 0.717) is 13.1 Å². The molecule has 0 radical (unpaired) electrons. The van der Waals surface area contributed by atoms with Crippen LogP contribution in [-0.2, 0) is 4.79 Å². The molecule has 96 valence electrons. The van der Waals surface area contributed by atoms with Gasteiger partial charge in [0, 0.05) is 26.2 Å². The average Bonchev–Trinajstić information content (AvgIpc) is 2.40. The van der Waals surface area contributed by atoms with Gasteiger partial charge in [0.15, 0.2) is 0 Å². The van der Waals surface area contributed by atoms with Crippen molar-refractivity contribution in [3.8, 4) is 0 Å². The molecule has 1 aliphatic heterocycles. The number of primary amides is 1. The summed E-state index contributed by atoms with van der Waals surface area (Å²) in [6.07, 6.45) is 0. The Labute approximate surface area is 107 Å². The number of nitrogens with two attached hydrogens (primary N) is 1. The van der Waals surface area contributed by atoms with E-state index >= 15 is 0 Å². The third-order valence-corrected chi connectivity index (χ3v) is 3.26. The smallest absolute Gasteiger partial charge is 0.236 e. The van der Waals surface area contributed by atoms with Crippen LogP contribution in [0.2, 0.25) is 0 Å². The van der Waals surface area contributed by atoms with E-state index in [1.165, 1.54) is 0 Å². The quantitative estimate of drug-likeness (QED) is 0.810. The lowest BCUT2D eigenvalue weighted by Gasteiger charge is -2.34. The third kappa shape index (κ3) is 2.97. The van der Waals surface area contributed by atoms with Gasteiger partial charge in [0.1, 0.15) is 6.04 Å². The van der Waals surface area contributed by atoms with Crippen molar-refractivity contribution < 1.29 is 4.79 Å². The molecule has 0 aromatic heterocycles. The molecule has 1 amide bonds. The highest BCUT2D eigenvalue weighted by Gasteiger charge is 2.26. The fraction of sp³-hybridized carbons (Fsp3) is 0.357. The van der Waals surface area contributed by atoms with E-state index < -0.39 is 0 Å². The standard InChI is InChI=1S/C14H19N3O/c1-11(12-5-3-2-4-6-12)10-17-8-7-16-9-13(17)14(15)18/h2-6,13,16H,1,7-10H2,(H2,15,18). The van der Waals surface area contributed by atoms with Crippen molar-refractivity contribution in [2.75, 3.05) is 26.2 Å². The Bertz CT molecular complexity index is 430. The van der Waals surface area contributed by atoms with Gasteiger partial charge in [-0.15, -0.1) is 0 Å². The molecule has 1 aliphatic rings. The maximum absolute atomic E-state index is 11.4. The lowest BCUT2D eigenvalue weighted by Crippen LogP contribution is -2.57. The number of carbonyl (C=O) groups excluding carboxylic acids is 1. The molecule has 18 heavy (non-hydrogen) atoms. The first kappa shape index (κ1) is 12.8. The number of hydrogen-bond donors (Lipinski definition) is 2. The van der Waals surface area contributed by atoms with Crippen LogP contribution in [0.4, 0.5) is 0 Å². The second-order valence-corrected chi connectivity index (χ2v) is 4.56. The molecule has 0 aliphatic carbocycles. The number of benzene rings is 1. The van der Waals surface area contributed by atoms with Gasteiger partial charge in [0.05, 0.1) is 0 Å². The van der Waals surface area contributed by atoms with Crippen LogP contribution < -0.4 is 11.1 Å². The maximum Gasteiger partial charge on any atom is 0.236 e. The summed E-state index contributed by atoms with van der Waals surface area (Å²) in [5, 5.41) is 3.19. The fourth-order valence-corrected chi connectivity index (χ4v) is 2.23. The molecule has 0 spiro atoms. The predicted molar refractivity (Wildman–Crippen MR) is 72.9 cm³/mol. The number of nitrogens with one attached hydrogen (secondary N) is 1. The van der Waals surface area contributed by atoms with Crippen LogP contribution in [0.1, 0.15) is 5.56 Å². The molecule has 2 rings (SSSR count). The molecule has 1 heterocycles. The van der Waals surface area contributed by atoms with Gasteiger partial charge >= 0.3 is 0 Å². The average molecular weight is 245 g/mol. The Morgan fingerprint density at radius 3 is 2.83 bits per heavy atom. The van der Waals surface area contributed by atoms with E-state index in [1.807, 2.05) is 30.3 Å². The zero-order valence-corrected chi connectivity index (χ0v) is 10.4. The monoisotopic (exact) mass is 245 g/mol. The number of nitrogens with zero attached hydrogens (tertiary/aromatic N) is 1. The summed E-state index contributed by atoms with van der Waals surface area (Å²) in [4.78, 5) is 13.5. The molecule has 1 unspecified atom stereocenters. The molecule has 1 aromatic rings. The van der Waals surface area contributed by atoms with Gasteiger partial charge in [-0.25, -0.2) is 0 Å². The summed E-state index contributed by atoms with van der Waals surface area (Å²) in [6.45, 7) is 7.10. The van der Waals surface area contributed by atoms with Crippen molar-refractivity contribution in [3.63, 3.8) is 0 Å². The van der Waals surface area contributed by atoms with Crippen LogP contribution in [-0.4, -0.2) is 43.0 Å². The van der Waals surface area contributed by atoms with Gasteiger partial charge in [0.25, 0.3) is 0 Å². The van der Waals surface area contributed by atoms with Crippen molar-refractivity contribution in [1.29, 1.82) is 0 Å². The molecule has 4 nitrogen and oxygen atoms in total. The zero-order valence-electron chi connectivity index (χ0n) is 10.4. The Hall–Kier alpha value is -1.65. The van der Waals surface area contributed by atoms with Crippen LogP contribution >= 0.6 is 0 Å². The molecular weight excluding hydrogens is 226 g/mol. The molecular formula is C14H19N3O. The summed E-state index contributed by atoms with van der Waals surface area (Å²) in [5.74, 6) is -0.275. The van der Waals surface area contributed by atoms with E-state index in [4.69, 9.17) is 5.73 Å². The van der Waals surface area contributed by atoms with Gasteiger partial charge in [-0.2, -0.15) is 0 Å². The number of rotatable bonds is 4. The van der Waals surface area contributed by atoms with E-state index in [9.17, 15) is 4.79 Å². The van der Waals surface area contributed by atoms with Crippen LogP contribution in [0.25, 0.3) is 5.57 Å². The highest BCUT2D eigenvalue weighted by atomic mass is 16.1. The third-order valence-electron chi connectivity index (χ3n) is 3.26. The first-order chi connectivity index (χ1) is 8.68. The molecule has 3 N–H and O–H groups in total. The summed E-state index contributed by atoms with van der Waals surface area (Å²) >= 11 is 0. The van der Waals surface area contributed by atoms with Crippen molar-refractivity contribution in [3.05, 3.63) is 42.5 Å². The van der Waals surface area contributed by atoms with E-state index in [-0.39, 0.29) is 11.9 Å². The zero-order chi connectivity index (χ0) is 13.0. The summed E-state index contributed by atoms with van der Waals surface area (Å²) in [7, 11) is 0. The predicted octanol–water partition coefficient (Wildman–Crippen LogP) is 0.459. The van der Waals surface area contributed by atoms with Gasteiger partial charge < -0.3 is 11.1 Å². The van der Waals surface area contributed by atoms with E-state index in [1.54, 1.807) is 0 Å². The van der Waals surface area contributed by atoms with Crippen molar-refractivity contribution in [2.24, 2.45) is 5.73 Å². The number of amides is 1. The van der Waals surface area contributed by atoms with Crippen LogP contribution in [0.3, 0.4) is 0 Å². The normalized spacial score (nSPS) is 20.6. The second kappa shape index (κ2) is 5.80. The van der Waals surface area contributed by atoms with Crippen LogP contribution in [0.5, 0.6) is 0 Å². The number of carbonyl (C=O) groups is 1. The van der Waals surface area contributed by atoms with Gasteiger partial charge in [-0.3, -0.25) is 9.69 Å². The SMILES string of the molecule is C=C(CN1CCNCC1C(N)=O)c1ccccc1. The number of hydrogen-bond acceptors (Lipinski definition) is 3. The minimum absolute atomic E-state index is 0.237. The lowest BCUT2D eigenvalue weighted by atomic mass is 10.1. The first-order valence-corrected chi connectivity index (χ1v) is 6.16.